The maximum atomic E-state index is 13.5. The quantitative estimate of drug-likeness (QED) is 0.541. The van der Waals surface area contributed by atoms with Crippen LogP contribution in [0.2, 0.25) is 0 Å². The predicted octanol–water partition coefficient (Wildman–Crippen LogP) is 2.97. The number of nitrogens with zero attached hydrogens (tertiary/aromatic N) is 3. The van der Waals surface area contributed by atoms with E-state index in [1.807, 2.05) is 6.92 Å². The molecule has 4 heterocycles. The van der Waals surface area contributed by atoms with Gasteiger partial charge in [0.2, 0.25) is 0 Å². The molecule has 0 radical (unpaired) electrons. The summed E-state index contributed by atoms with van der Waals surface area (Å²) < 4.78 is 12.8. The van der Waals surface area contributed by atoms with E-state index >= 15 is 0 Å². The molecule has 216 valence electrons. The van der Waals surface area contributed by atoms with Crippen molar-refractivity contribution in [3.05, 3.63) is 51.8 Å². The molecule has 1 aromatic carbocycles. The Morgan fingerprint density at radius 1 is 1.07 bits per heavy atom. The highest BCUT2D eigenvalue weighted by atomic mass is 16.5. The molecule has 2 amide bonds. The van der Waals surface area contributed by atoms with Gasteiger partial charge in [-0.25, -0.2) is 4.79 Å². The van der Waals surface area contributed by atoms with Gasteiger partial charge in [-0.15, -0.1) is 0 Å². The maximum absolute atomic E-state index is 13.5. The number of fused-ring (bicyclic) bond motifs is 1. The van der Waals surface area contributed by atoms with Crippen molar-refractivity contribution in [3.63, 3.8) is 0 Å². The summed E-state index contributed by atoms with van der Waals surface area (Å²) in [4.78, 5) is 40.8. The number of ether oxygens (including phenoxy) is 2. The molecule has 0 atom stereocenters. The molecule has 3 aliphatic rings. The Hall–Kier alpha value is -3.24. The summed E-state index contributed by atoms with van der Waals surface area (Å²) in [5.74, 6) is -1.31. The Kier molecular flexibility index (Phi) is 8.01. The first-order valence-electron chi connectivity index (χ1n) is 14.3. The van der Waals surface area contributed by atoms with Crippen molar-refractivity contribution in [1.29, 1.82) is 0 Å². The molecule has 1 aromatic heterocycles. The van der Waals surface area contributed by atoms with Crippen molar-refractivity contribution in [3.8, 4) is 0 Å². The molecule has 5 rings (SSSR count). The summed E-state index contributed by atoms with van der Waals surface area (Å²) in [7, 11) is 0. The number of carbonyl (C=O) groups is 3. The lowest BCUT2D eigenvalue weighted by Crippen LogP contribution is -2.41. The summed E-state index contributed by atoms with van der Waals surface area (Å²) in [6, 6.07) is 4.94. The number of amides is 2. The standard InChI is InChI=1S/C30H40N4O6/c1-4-34-25-23(17-30(19-31-26(25)35)8-12-39-13-9-30)24(32-34)18-29(2,3)16-22-20(6-5-7-21(22)28(37)38)27(36)33-10-14-40-15-11-33/h5-7H,4,8-19H2,1-3H3,(H,31,35)(H,37,38). The van der Waals surface area contributed by atoms with Gasteiger partial charge in [0.25, 0.3) is 11.8 Å². The first-order valence-corrected chi connectivity index (χ1v) is 14.3. The Morgan fingerprint density at radius 3 is 2.42 bits per heavy atom. The minimum absolute atomic E-state index is 0.0622. The van der Waals surface area contributed by atoms with Crippen LogP contribution in [0.25, 0.3) is 0 Å². The van der Waals surface area contributed by atoms with Gasteiger partial charge in [0.1, 0.15) is 5.69 Å². The van der Waals surface area contributed by atoms with Gasteiger partial charge in [0.15, 0.2) is 0 Å². The molecule has 0 saturated carbocycles. The highest BCUT2D eigenvalue weighted by Crippen LogP contribution is 2.39. The molecular formula is C30H40N4O6. The van der Waals surface area contributed by atoms with E-state index in [4.69, 9.17) is 14.6 Å². The summed E-state index contributed by atoms with van der Waals surface area (Å²) >= 11 is 0. The van der Waals surface area contributed by atoms with Crippen LogP contribution in [0.4, 0.5) is 0 Å². The first kappa shape index (κ1) is 28.3. The molecule has 2 N–H and O–H groups in total. The number of aromatic carboxylic acids is 1. The maximum Gasteiger partial charge on any atom is 0.335 e. The van der Waals surface area contributed by atoms with Crippen LogP contribution in [0.15, 0.2) is 18.2 Å². The molecule has 10 heteroatoms. The highest BCUT2D eigenvalue weighted by Gasteiger charge is 2.40. The third-order valence-corrected chi connectivity index (χ3v) is 8.61. The average molecular weight is 553 g/mol. The Bertz CT molecular complexity index is 1290. The van der Waals surface area contributed by atoms with Crippen LogP contribution in [-0.2, 0) is 35.3 Å². The van der Waals surface area contributed by atoms with E-state index in [-0.39, 0.29) is 22.8 Å². The zero-order chi connectivity index (χ0) is 28.5. The number of nitrogens with one attached hydrogen (secondary N) is 1. The fourth-order valence-corrected chi connectivity index (χ4v) is 6.42. The lowest BCUT2D eigenvalue weighted by molar-refractivity contribution is 0.0160. The van der Waals surface area contributed by atoms with E-state index in [1.54, 1.807) is 27.8 Å². The summed E-state index contributed by atoms with van der Waals surface area (Å²) in [6.07, 6.45) is 3.43. The van der Waals surface area contributed by atoms with Crippen LogP contribution in [0.3, 0.4) is 0 Å². The number of aromatic nitrogens is 2. The third kappa shape index (κ3) is 5.65. The van der Waals surface area contributed by atoms with Crippen molar-refractivity contribution in [1.82, 2.24) is 20.0 Å². The monoisotopic (exact) mass is 552 g/mol. The lowest BCUT2D eigenvalue weighted by Gasteiger charge is -2.36. The van der Waals surface area contributed by atoms with Crippen LogP contribution < -0.4 is 5.32 Å². The Balaban J connectivity index is 1.49. The van der Waals surface area contributed by atoms with E-state index in [0.717, 1.165) is 30.5 Å². The molecule has 0 aliphatic carbocycles. The van der Waals surface area contributed by atoms with Gasteiger partial charge in [-0.2, -0.15) is 5.10 Å². The number of hydrogen-bond acceptors (Lipinski definition) is 6. The molecular weight excluding hydrogens is 512 g/mol. The summed E-state index contributed by atoms with van der Waals surface area (Å²) in [6.45, 7) is 10.6. The normalized spacial score (nSPS) is 19.2. The molecule has 0 unspecified atom stereocenters. The van der Waals surface area contributed by atoms with E-state index < -0.39 is 11.4 Å². The number of rotatable bonds is 7. The second kappa shape index (κ2) is 11.3. The van der Waals surface area contributed by atoms with Gasteiger partial charge in [-0.1, -0.05) is 19.9 Å². The largest absolute Gasteiger partial charge is 0.478 e. The minimum Gasteiger partial charge on any atom is -0.478 e. The minimum atomic E-state index is -1.05. The van der Waals surface area contributed by atoms with Gasteiger partial charge < -0.3 is 24.8 Å². The average Bonchev–Trinajstić information content (AvgIpc) is 3.20. The predicted molar refractivity (Wildman–Crippen MR) is 148 cm³/mol. The Morgan fingerprint density at radius 2 is 1.75 bits per heavy atom. The van der Waals surface area contributed by atoms with Crippen molar-refractivity contribution in [2.24, 2.45) is 10.8 Å². The summed E-state index contributed by atoms with van der Waals surface area (Å²) in [5, 5.41) is 18.1. The molecule has 3 aliphatic heterocycles. The van der Waals surface area contributed by atoms with E-state index in [0.29, 0.717) is 82.3 Å². The van der Waals surface area contributed by atoms with Gasteiger partial charge in [0, 0.05) is 50.5 Å². The third-order valence-electron chi connectivity index (χ3n) is 8.61. The van der Waals surface area contributed by atoms with Crippen LogP contribution in [0.1, 0.15) is 81.6 Å². The van der Waals surface area contributed by atoms with Gasteiger partial charge in [-0.3, -0.25) is 14.3 Å². The van der Waals surface area contributed by atoms with Crippen LogP contribution in [0, 0.1) is 10.8 Å². The number of carboxylic acids is 1. The molecule has 1 spiro atoms. The topological polar surface area (TPSA) is 123 Å². The van der Waals surface area contributed by atoms with Crippen molar-refractivity contribution in [2.75, 3.05) is 46.1 Å². The lowest BCUT2D eigenvalue weighted by atomic mass is 9.73. The van der Waals surface area contributed by atoms with Crippen LogP contribution >= 0.6 is 0 Å². The SMILES string of the molecule is CCn1nc(CC(C)(C)Cc2c(C(=O)O)cccc2C(=O)N2CCOCC2)c2c1C(=O)NCC1(CCOCC1)C2. The van der Waals surface area contributed by atoms with Crippen molar-refractivity contribution >= 4 is 17.8 Å². The number of morpholine rings is 1. The molecule has 2 fully saturated rings. The fraction of sp³-hybridized carbons (Fsp3) is 0.600. The first-order chi connectivity index (χ1) is 19.1. The van der Waals surface area contributed by atoms with Gasteiger partial charge >= 0.3 is 5.97 Å². The zero-order valence-electron chi connectivity index (χ0n) is 23.8. The number of carboxylic acid groups (broad SMARTS) is 1. The highest BCUT2D eigenvalue weighted by molar-refractivity contribution is 6.00. The molecule has 10 nitrogen and oxygen atoms in total. The smallest absolute Gasteiger partial charge is 0.335 e. The van der Waals surface area contributed by atoms with Crippen molar-refractivity contribution in [2.45, 2.75) is 59.4 Å². The van der Waals surface area contributed by atoms with Gasteiger partial charge in [0.05, 0.1) is 24.5 Å². The Labute approximate surface area is 235 Å². The van der Waals surface area contributed by atoms with E-state index in [9.17, 15) is 19.5 Å². The molecule has 2 saturated heterocycles. The summed E-state index contributed by atoms with van der Waals surface area (Å²) in [5.41, 5.74) is 3.09. The number of hydrogen-bond donors (Lipinski definition) is 2. The second-order valence-electron chi connectivity index (χ2n) is 12.1. The molecule has 2 aromatic rings. The van der Waals surface area contributed by atoms with E-state index in [2.05, 4.69) is 19.2 Å². The number of aryl methyl sites for hydroxylation is 1. The van der Waals surface area contributed by atoms with Crippen LogP contribution in [0.5, 0.6) is 0 Å². The zero-order valence-corrected chi connectivity index (χ0v) is 23.8. The number of carbonyl (C=O) groups excluding carboxylic acids is 2. The number of benzene rings is 1. The van der Waals surface area contributed by atoms with Crippen LogP contribution in [-0.4, -0.2) is 83.6 Å². The fourth-order valence-electron chi connectivity index (χ4n) is 6.42. The molecule has 40 heavy (non-hydrogen) atoms. The second-order valence-corrected chi connectivity index (χ2v) is 12.1. The van der Waals surface area contributed by atoms with Gasteiger partial charge in [-0.05, 0) is 67.6 Å². The molecule has 0 bridgehead atoms. The van der Waals surface area contributed by atoms with E-state index in [1.165, 1.54) is 0 Å². The van der Waals surface area contributed by atoms with Crippen molar-refractivity contribution < 1.29 is 29.0 Å².